The van der Waals surface area contributed by atoms with Crippen LogP contribution in [0.3, 0.4) is 0 Å². The fraction of sp³-hybridized carbons (Fsp3) is 0.125. The van der Waals surface area contributed by atoms with Crippen LogP contribution in [0.25, 0.3) is 12.2 Å². The summed E-state index contributed by atoms with van der Waals surface area (Å²) in [5, 5.41) is 0. The zero-order valence-corrected chi connectivity index (χ0v) is 15.8. The molecule has 0 saturated carbocycles. The van der Waals surface area contributed by atoms with Crippen molar-refractivity contribution in [3.8, 4) is 5.75 Å². The number of nitrogens with zero attached hydrogens (tertiary/aromatic N) is 2. The van der Waals surface area contributed by atoms with Crippen LogP contribution in [0, 0.1) is 0 Å². The molecule has 1 heterocycles. The highest BCUT2D eigenvalue weighted by Crippen LogP contribution is 2.31. The minimum Gasteiger partial charge on any atom is -0.492 e. The highest BCUT2D eigenvalue weighted by Gasteiger charge is 2.16. The molecule has 2 amide bonds. The van der Waals surface area contributed by atoms with Crippen LogP contribution in [0.1, 0.15) is 17.5 Å². The first-order chi connectivity index (χ1) is 11.9. The summed E-state index contributed by atoms with van der Waals surface area (Å²) in [6, 6.07) is 5.30. The minimum absolute atomic E-state index is 0. The summed E-state index contributed by atoms with van der Waals surface area (Å²) in [6.07, 6.45) is 4.76. The lowest BCUT2D eigenvalue weighted by atomic mass is 10.0. The van der Waals surface area contributed by atoms with Crippen molar-refractivity contribution in [2.24, 2.45) is 32.9 Å². The molecule has 146 valence electrons. The Hall–Kier alpha value is -3.04. The van der Waals surface area contributed by atoms with Gasteiger partial charge in [0, 0.05) is 29.2 Å². The van der Waals surface area contributed by atoms with Crippen molar-refractivity contribution in [3.05, 3.63) is 41.0 Å². The summed E-state index contributed by atoms with van der Waals surface area (Å²) in [6.45, 7) is 0.261. The highest BCUT2D eigenvalue weighted by atomic mass is 35.5. The molecule has 2 rings (SSSR count). The van der Waals surface area contributed by atoms with E-state index in [4.69, 9.17) is 27.7 Å². The summed E-state index contributed by atoms with van der Waals surface area (Å²) in [4.78, 5) is 30.5. The molecule has 0 aromatic heterocycles. The monoisotopic (exact) mass is 414 g/mol. The second-order valence-corrected chi connectivity index (χ2v) is 5.08. The Morgan fingerprint density at radius 3 is 2.33 bits per heavy atom. The fourth-order valence-corrected chi connectivity index (χ4v) is 2.19. The van der Waals surface area contributed by atoms with Gasteiger partial charge in [0.2, 0.25) is 0 Å². The number of fused-ring (bicyclic) bond motifs is 1. The van der Waals surface area contributed by atoms with Crippen LogP contribution in [-0.2, 0) is 9.59 Å². The van der Waals surface area contributed by atoms with E-state index in [0.717, 1.165) is 0 Å². The first-order valence-corrected chi connectivity index (χ1v) is 7.29. The van der Waals surface area contributed by atoms with Crippen LogP contribution >= 0.6 is 24.8 Å². The lowest BCUT2D eigenvalue weighted by molar-refractivity contribution is -0.114. The molecule has 0 spiro atoms. The molecule has 1 aliphatic heterocycles. The molecule has 1 aromatic rings. The molecular weight excluding hydrogens is 395 g/mol. The van der Waals surface area contributed by atoms with Crippen molar-refractivity contribution in [2.75, 3.05) is 6.61 Å². The van der Waals surface area contributed by atoms with Gasteiger partial charge in [0.1, 0.15) is 5.75 Å². The highest BCUT2D eigenvalue weighted by molar-refractivity contribution is 6.04. The molecule has 27 heavy (non-hydrogen) atoms. The molecule has 8 N–H and O–H groups in total. The van der Waals surface area contributed by atoms with Gasteiger partial charge in [-0.3, -0.25) is 9.59 Å². The molecule has 0 saturated heterocycles. The van der Waals surface area contributed by atoms with E-state index in [9.17, 15) is 9.59 Å². The second kappa shape index (κ2) is 10.8. The molecule has 9 nitrogen and oxygen atoms in total. The third-order valence-electron chi connectivity index (χ3n) is 3.17. The lowest BCUT2D eigenvalue weighted by Gasteiger charge is -2.09. The number of aliphatic imine (C=N–C) groups is 2. The minimum atomic E-state index is -0.592. The Balaban J connectivity index is 0.00000338. The Morgan fingerprint density at radius 1 is 1.04 bits per heavy atom. The van der Waals surface area contributed by atoms with Gasteiger partial charge in [0.05, 0.1) is 6.61 Å². The zero-order valence-electron chi connectivity index (χ0n) is 14.1. The number of benzene rings is 1. The van der Waals surface area contributed by atoms with E-state index >= 15 is 0 Å². The largest absolute Gasteiger partial charge is 0.492 e. The SMILES string of the molecule is Cl.Cl.NC(N)=NC(=O)C=Cc1cccc2c1OCCC(C(=O)N=C(N)N)=C2. The van der Waals surface area contributed by atoms with Crippen LogP contribution in [0.2, 0.25) is 0 Å². The Bertz CT molecular complexity index is 825. The fourth-order valence-electron chi connectivity index (χ4n) is 2.19. The van der Waals surface area contributed by atoms with Crippen molar-refractivity contribution in [3.63, 3.8) is 0 Å². The number of amides is 2. The van der Waals surface area contributed by atoms with Gasteiger partial charge >= 0.3 is 0 Å². The predicted octanol–water partition coefficient (Wildman–Crippen LogP) is 0.309. The van der Waals surface area contributed by atoms with Gasteiger partial charge in [-0.25, -0.2) is 0 Å². The standard InChI is InChI=1S/C16H18N6O3.2ClH/c17-15(18)21-12(23)5-4-9-2-1-3-10-8-11(6-7-25-13(9)10)14(24)22-16(19)20;;/h1-5,8H,6-7H2,(H4,17,18,21,23)(H4,19,20,22,24);2*1H. The molecule has 11 heteroatoms. The topological polar surface area (TPSA) is 172 Å². The number of rotatable bonds is 3. The number of guanidine groups is 2. The molecule has 0 bridgehead atoms. The maximum Gasteiger partial charge on any atom is 0.276 e. The number of hydrogen-bond acceptors (Lipinski definition) is 3. The number of para-hydroxylation sites is 1. The lowest BCUT2D eigenvalue weighted by Crippen LogP contribution is -2.24. The predicted molar refractivity (Wildman–Crippen MR) is 110 cm³/mol. The van der Waals surface area contributed by atoms with Crippen LogP contribution in [0.15, 0.2) is 39.8 Å². The van der Waals surface area contributed by atoms with E-state index in [0.29, 0.717) is 28.9 Å². The maximum absolute atomic E-state index is 12.0. The van der Waals surface area contributed by atoms with Crippen LogP contribution in [0.4, 0.5) is 0 Å². The number of carbonyl (C=O) groups is 2. The Morgan fingerprint density at radius 2 is 1.70 bits per heavy atom. The van der Waals surface area contributed by atoms with E-state index < -0.39 is 11.8 Å². The van der Waals surface area contributed by atoms with E-state index in [2.05, 4.69) is 9.98 Å². The summed E-state index contributed by atoms with van der Waals surface area (Å²) >= 11 is 0. The second-order valence-electron chi connectivity index (χ2n) is 5.08. The van der Waals surface area contributed by atoms with Crippen molar-refractivity contribution in [1.29, 1.82) is 0 Å². The summed E-state index contributed by atoms with van der Waals surface area (Å²) in [5.74, 6) is -1.19. The number of halogens is 2. The van der Waals surface area contributed by atoms with Gasteiger partial charge in [0.15, 0.2) is 11.9 Å². The average Bonchev–Trinajstić information content (AvgIpc) is 2.74. The smallest absolute Gasteiger partial charge is 0.276 e. The van der Waals surface area contributed by atoms with Crippen molar-refractivity contribution in [2.45, 2.75) is 6.42 Å². The van der Waals surface area contributed by atoms with E-state index in [1.807, 2.05) is 0 Å². The molecule has 0 radical (unpaired) electrons. The molecule has 1 aliphatic rings. The number of hydrogen-bond donors (Lipinski definition) is 4. The van der Waals surface area contributed by atoms with Crippen molar-refractivity contribution in [1.82, 2.24) is 0 Å². The summed E-state index contributed by atoms with van der Waals surface area (Å²) in [7, 11) is 0. The quantitative estimate of drug-likeness (QED) is 0.312. The number of carbonyl (C=O) groups excluding carboxylic acids is 2. The van der Waals surface area contributed by atoms with E-state index in [1.54, 1.807) is 24.3 Å². The summed E-state index contributed by atoms with van der Waals surface area (Å²) in [5.41, 5.74) is 22.5. The Kier molecular flexibility index (Phi) is 9.62. The van der Waals surface area contributed by atoms with Gasteiger partial charge in [0.25, 0.3) is 11.8 Å². The van der Waals surface area contributed by atoms with Crippen molar-refractivity contribution >= 4 is 60.7 Å². The van der Waals surface area contributed by atoms with Crippen LogP contribution in [0.5, 0.6) is 5.75 Å². The van der Waals surface area contributed by atoms with Crippen molar-refractivity contribution < 1.29 is 14.3 Å². The summed E-state index contributed by atoms with van der Waals surface area (Å²) < 4.78 is 5.72. The molecular formula is C16H20Cl2N6O3. The molecule has 0 aliphatic carbocycles. The maximum atomic E-state index is 12.0. The average molecular weight is 415 g/mol. The third kappa shape index (κ3) is 7.00. The molecule has 0 unspecified atom stereocenters. The van der Waals surface area contributed by atoms with Gasteiger partial charge in [-0.15, -0.1) is 24.8 Å². The van der Waals surface area contributed by atoms with E-state index in [1.165, 1.54) is 12.2 Å². The van der Waals surface area contributed by atoms with Crippen LogP contribution in [-0.4, -0.2) is 30.3 Å². The van der Waals surface area contributed by atoms with Crippen LogP contribution < -0.4 is 27.7 Å². The molecule has 1 aromatic carbocycles. The first-order valence-electron chi connectivity index (χ1n) is 7.29. The van der Waals surface area contributed by atoms with E-state index in [-0.39, 0.29) is 43.3 Å². The Labute approximate surface area is 168 Å². The number of nitrogens with two attached hydrogens (primary N) is 4. The van der Waals surface area contributed by atoms with Gasteiger partial charge < -0.3 is 27.7 Å². The zero-order chi connectivity index (χ0) is 18.4. The molecule has 0 atom stereocenters. The molecule has 0 fully saturated rings. The first kappa shape index (κ1) is 24.0. The third-order valence-corrected chi connectivity index (χ3v) is 3.17. The number of ether oxygens (including phenoxy) is 1. The normalized spacial score (nSPS) is 12.1. The van der Waals surface area contributed by atoms with Gasteiger partial charge in [-0.2, -0.15) is 9.98 Å². The van der Waals surface area contributed by atoms with Gasteiger partial charge in [-0.05, 0) is 12.2 Å². The van der Waals surface area contributed by atoms with Gasteiger partial charge in [-0.1, -0.05) is 18.2 Å².